The number of methoxy groups -OCH3 is 1. The molecule has 0 saturated carbocycles. The van der Waals surface area contributed by atoms with Gasteiger partial charge in [0.15, 0.2) is 0 Å². The molecule has 2 aromatic carbocycles. The Morgan fingerprint density at radius 1 is 1.19 bits per heavy atom. The number of carbonyl (C=O) groups excluding carboxylic acids is 2. The Balaban J connectivity index is 1.65. The molecular formula is C20H22ClN3O3. The summed E-state index contributed by atoms with van der Waals surface area (Å²) in [7, 11) is 1.54. The van der Waals surface area contributed by atoms with E-state index in [1.807, 2.05) is 18.2 Å². The van der Waals surface area contributed by atoms with E-state index in [1.54, 1.807) is 36.9 Å². The smallest absolute Gasteiger partial charge is 0.246 e. The molecule has 142 valence electrons. The molecule has 3 rings (SSSR count). The highest BCUT2D eigenvalue weighted by Crippen LogP contribution is 2.31. The highest BCUT2D eigenvalue weighted by molar-refractivity contribution is 6.32. The van der Waals surface area contributed by atoms with E-state index in [1.165, 1.54) is 7.11 Å². The number of nitrogens with zero attached hydrogens (tertiary/aromatic N) is 1. The summed E-state index contributed by atoms with van der Waals surface area (Å²) in [5.74, 6) is 0.418. The van der Waals surface area contributed by atoms with Gasteiger partial charge in [0, 0.05) is 30.5 Å². The van der Waals surface area contributed by atoms with Crippen LogP contribution in [0.2, 0.25) is 5.02 Å². The van der Waals surface area contributed by atoms with Crippen molar-refractivity contribution in [1.82, 2.24) is 0 Å². The van der Waals surface area contributed by atoms with E-state index in [-0.39, 0.29) is 11.8 Å². The molecule has 0 aliphatic carbocycles. The highest BCUT2D eigenvalue weighted by atomic mass is 35.5. The first-order valence-corrected chi connectivity index (χ1v) is 9.09. The van der Waals surface area contributed by atoms with Crippen LogP contribution in [0.3, 0.4) is 0 Å². The van der Waals surface area contributed by atoms with Crippen molar-refractivity contribution < 1.29 is 14.3 Å². The number of benzene rings is 2. The standard InChI is InChI=1S/C20H22ClN3O3/c1-12(20(26)23-16-5-7-19(27-3)17(21)11-16)22-15-4-6-18-14(10-15)8-9-24(18)13(2)25/h4-7,10-12,22H,8-9H2,1-3H3,(H,23,26). The molecule has 1 heterocycles. The van der Waals surface area contributed by atoms with Gasteiger partial charge in [-0.15, -0.1) is 0 Å². The third-order valence-corrected chi connectivity index (χ3v) is 4.85. The Kier molecular flexibility index (Phi) is 5.56. The number of amides is 2. The molecule has 6 nitrogen and oxygen atoms in total. The van der Waals surface area contributed by atoms with Crippen LogP contribution >= 0.6 is 11.6 Å². The van der Waals surface area contributed by atoms with Crippen LogP contribution in [-0.4, -0.2) is 31.5 Å². The van der Waals surface area contributed by atoms with Crippen LogP contribution in [0, 0.1) is 0 Å². The lowest BCUT2D eigenvalue weighted by Crippen LogP contribution is -2.31. The maximum Gasteiger partial charge on any atom is 0.246 e. The van der Waals surface area contributed by atoms with Gasteiger partial charge >= 0.3 is 0 Å². The fraction of sp³-hybridized carbons (Fsp3) is 0.300. The second kappa shape index (κ2) is 7.88. The van der Waals surface area contributed by atoms with Crippen molar-refractivity contribution in [2.45, 2.75) is 26.3 Å². The normalized spacial score (nSPS) is 13.7. The van der Waals surface area contributed by atoms with Crippen LogP contribution in [0.5, 0.6) is 5.75 Å². The first-order valence-electron chi connectivity index (χ1n) is 8.71. The molecule has 0 aromatic heterocycles. The first-order chi connectivity index (χ1) is 12.9. The molecule has 0 saturated heterocycles. The number of hydrogen-bond acceptors (Lipinski definition) is 4. The molecule has 7 heteroatoms. The molecule has 27 heavy (non-hydrogen) atoms. The molecule has 0 bridgehead atoms. The monoisotopic (exact) mass is 387 g/mol. The molecule has 1 unspecified atom stereocenters. The molecule has 0 spiro atoms. The Labute approximate surface area is 163 Å². The molecule has 1 atom stereocenters. The van der Waals surface area contributed by atoms with Crippen molar-refractivity contribution in [3.8, 4) is 5.75 Å². The average Bonchev–Trinajstić information content (AvgIpc) is 3.05. The summed E-state index contributed by atoms with van der Waals surface area (Å²) in [6.45, 7) is 4.05. The molecule has 0 fully saturated rings. The van der Waals surface area contributed by atoms with E-state index in [9.17, 15) is 9.59 Å². The topological polar surface area (TPSA) is 70.7 Å². The largest absolute Gasteiger partial charge is 0.495 e. The van der Waals surface area contributed by atoms with Crippen molar-refractivity contribution >= 4 is 40.5 Å². The number of hydrogen-bond donors (Lipinski definition) is 2. The molecule has 0 radical (unpaired) electrons. The highest BCUT2D eigenvalue weighted by Gasteiger charge is 2.22. The van der Waals surface area contributed by atoms with Gasteiger partial charge in [-0.1, -0.05) is 11.6 Å². The second-order valence-corrected chi connectivity index (χ2v) is 6.88. The average molecular weight is 388 g/mol. The van der Waals surface area contributed by atoms with E-state index in [0.717, 1.165) is 23.4 Å². The van der Waals surface area contributed by atoms with Gasteiger partial charge in [-0.3, -0.25) is 9.59 Å². The summed E-state index contributed by atoms with van der Waals surface area (Å²) in [4.78, 5) is 25.9. The van der Waals surface area contributed by atoms with Crippen LogP contribution in [-0.2, 0) is 16.0 Å². The molecule has 2 amide bonds. The minimum absolute atomic E-state index is 0.0420. The number of nitrogens with one attached hydrogen (secondary N) is 2. The van der Waals surface area contributed by atoms with Gasteiger partial charge in [-0.2, -0.15) is 0 Å². The Hall–Kier alpha value is -2.73. The lowest BCUT2D eigenvalue weighted by molar-refractivity contribution is -0.117. The lowest BCUT2D eigenvalue weighted by atomic mass is 10.1. The van der Waals surface area contributed by atoms with Gasteiger partial charge in [0.05, 0.1) is 12.1 Å². The van der Waals surface area contributed by atoms with Crippen LogP contribution in [0.1, 0.15) is 19.4 Å². The SMILES string of the molecule is COc1ccc(NC(=O)C(C)Nc2ccc3c(c2)CCN3C(C)=O)cc1Cl. The second-order valence-electron chi connectivity index (χ2n) is 6.47. The Bertz CT molecular complexity index is 885. The number of ether oxygens (including phenoxy) is 1. The quantitative estimate of drug-likeness (QED) is 0.820. The van der Waals surface area contributed by atoms with Gasteiger partial charge in [0.25, 0.3) is 0 Å². The minimum Gasteiger partial charge on any atom is -0.495 e. The first kappa shape index (κ1) is 19.0. The van der Waals surface area contributed by atoms with Gasteiger partial charge in [-0.25, -0.2) is 0 Å². The fourth-order valence-corrected chi connectivity index (χ4v) is 3.39. The predicted molar refractivity (Wildman–Crippen MR) is 108 cm³/mol. The predicted octanol–water partition coefficient (Wildman–Crippen LogP) is 3.70. The van der Waals surface area contributed by atoms with Crippen molar-refractivity contribution in [2.24, 2.45) is 0 Å². The molecule has 2 N–H and O–H groups in total. The van der Waals surface area contributed by atoms with Crippen LogP contribution in [0.15, 0.2) is 36.4 Å². The zero-order chi connectivity index (χ0) is 19.6. The summed E-state index contributed by atoms with van der Waals surface area (Å²) in [6, 6.07) is 10.4. The Morgan fingerprint density at radius 2 is 1.93 bits per heavy atom. The zero-order valence-electron chi connectivity index (χ0n) is 15.5. The maximum atomic E-state index is 12.5. The minimum atomic E-state index is -0.450. The summed E-state index contributed by atoms with van der Waals surface area (Å²) < 4.78 is 5.11. The molecule has 1 aliphatic rings. The van der Waals surface area contributed by atoms with Crippen molar-refractivity contribution in [2.75, 3.05) is 29.2 Å². The van der Waals surface area contributed by atoms with Gasteiger partial charge in [0.1, 0.15) is 11.8 Å². The van der Waals surface area contributed by atoms with E-state index >= 15 is 0 Å². The van der Waals surface area contributed by atoms with Crippen LogP contribution < -0.4 is 20.3 Å². The number of rotatable bonds is 5. The summed E-state index contributed by atoms with van der Waals surface area (Å²) in [5, 5.41) is 6.47. The molecule has 1 aliphatic heterocycles. The van der Waals surface area contributed by atoms with Crippen molar-refractivity contribution in [3.05, 3.63) is 47.0 Å². The van der Waals surface area contributed by atoms with E-state index in [4.69, 9.17) is 16.3 Å². The summed E-state index contributed by atoms with van der Waals surface area (Å²) >= 11 is 6.09. The molecular weight excluding hydrogens is 366 g/mol. The zero-order valence-corrected chi connectivity index (χ0v) is 16.3. The number of fused-ring (bicyclic) bond motifs is 1. The van der Waals surface area contributed by atoms with Crippen LogP contribution in [0.4, 0.5) is 17.1 Å². The number of anilines is 3. The van der Waals surface area contributed by atoms with Crippen molar-refractivity contribution in [1.29, 1.82) is 0 Å². The number of carbonyl (C=O) groups is 2. The third-order valence-electron chi connectivity index (χ3n) is 4.55. The summed E-state index contributed by atoms with van der Waals surface area (Å²) in [6.07, 6.45) is 0.815. The van der Waals surface area contributed by atoms with E-state index in [2.05, 4.69) is 10.6 Å². The van der Waals surface area contributed by atoms with E-state index in [0.29, 0.717) is 23.0 Å². The summed E-state index contributed by atoms with van der Waals surface area (Å²) in [5.41, 5.74) is 3.49. The van der Waals surface area contributed by atoms with E-state index < -0.39 is 6.04 Å². The number of halogens is 1. The lowest BCUT2D eigenvalue weighted by Gasteiger charge is -2.18. The van der Waals surface area contributed by atoms with Crippen molar-refractivity contribution in [3.63, 3.8) is 0 Å². The van der Waals surface area contributed by atoms with Gasteiger partial charge < -0.3 is 20.3 Å². The van der Waals surface area contributed by atoms with Crippen LogP contribution in [0.25, 0.3) is 0 Å². The Morgan fingerprint density at radius 3 is 2.59 bits per heavy atom. The maximum absolute atomic E-state index is 12.5. The molecule has 2 aromatic rings. The van der Waals surface area contributed by atoms with Gasteiger partial charge in [0.2, 0.25) is 11.8 Å². The third kappa shape index (κ3) is 4.17. The fourth-order valence-electron chi connectivity index (χ4n) is 3.13. The van der Waals surface area contributed by atoms with Gasteiger partial charge in [-0.05, 0) is 55.3 Å².